The first-order valence-corrected chi connectivity index (χ1v) is 7.21. The fourth-order valence-corrected chi connectivity index (χ4v) is 2.07. The lowest BCUT2D eigenvalue weighted by atomic mass is 10.2. The maximum Gasteiger partial charge on any atom is 0.423 e. The zero-order chi connectivity index (χ0) is 17.0. The van der Waals surface area contributed by atoms with E-state index in [1.165, 1.54) is 0 Å². The molecule has 0 saturated carbocycles. The van der Waals surface area contributed by atoms with Crippen molar-refractivity contribution in [1.82, 2.24) is 9.97 Å². The summed E-state index contributed by atoms with van der Waals surface area (Å²) in [7, 11) is 1.70. The van der Waals surface area contributed by atoms with Gasteiger partial charge in [0, 0.05) is 18.9 Å². The number of halogens is 3. The number of rotatable bonds is 5. The minimum Gasteiger partial charge on any atom is -0.477 e. The van der Waals surface area contributed by atoms with E-state index in [1.54, 1.807) is 11.9 Å². The molecule has 0 bridgehead atoms. The molecule has 1 heterocycles. The number of hydrogen-bond donors (Lipinski definition) is 0. The molecule has 0 saturated heterocycles. The molecule has 0 fully saturated rings. The molecule has 0 unspecified atom stereocenters. The molecule has 7 heteroatoms. The van der Waals surface area contributed by atoms with Crippen LogP contribution >= 0.6 is 0 Å². The van der Waals surface area contributed by atoms with Gasteiger partial charge in [-0.15, -0.1) is 0 Å². The third-order valence-corrected chi connectivity index (χ3v) is 3.27. The molecule has 0 spiro atoms. The zero-order valence-electron chi connectivity index (χ0n) is 13.2. The molecule has 0 atom stereocenters. The van der Waals surface area contributed by atoms with Crippen molar-refractivity contribution in [3.63, 3.8) is 0 Å². The Morgan fingerprint density at radius 1 is 1.22 bits per heavy atom. The molecule has 1 aromatic heterocycles. The summed E-state index contributed by atoms with van der Waals surface area (Å²) in [6.07, 6.45) is -3.20. The minimum atomic E-state index is -4.55. The van der Waals surface area contributed by atoms with Crippen molar-refractivity contribution in [2.45, 2.75) is 26.4 Å². The Hall–Kier alpha value is -2.31. The Labute approximate surface area is 132 Å². The van der Waals surface area contributed by atoms with Crippen molar-refractivity contribution in [1.29, 1.82) is 0 Å². The van der Waals surface area contributed by atoms with Crippen LogP contribution in [0.3, 0.4) is 0 Å². The maximum absolute atomic E-state index is 13.0. The smallest absolute Gasteiger partial charge is 0.423 e. The number of nitrogens with zero attached hydrogens (tertiary/aromatic N) is 3. The van der Waals surface area contributed by atoms with E-state index in [-0.39, 0.29) is 12.6 Å². The predicted molar refractivity (Wildman–Crippen MR) is 82.1 cm³/mol. The Morgan fingerprint density at radius 2 is 1.91 bits per heavy atom. The lowest BCUT2D eigenvalue weighted by Gasteiger charge is -2.21. The normalized spacial score (nSPS) is 11.4. The van der Waals surface area contributed by atoms with Crippen LogP contribution in [0.2, 0.25) is 0 Å². The average Bonchev–Trinajstić information content (AvgIpc) is 2.51. The number of para-hydroxylation sites is 1. The number of hydrogen-bond acceptors (Lipinski definition) is 4. The molecule has 1 aromatic carbocycles. The predicted octanol–water partition coefficient (Wildman–Crippen LogP) is 4.36. The van der Waals surface area contributed by atoms with Crippen molar-refractivity contribution in [3.05, 3.63) is 41.6 Å². The van der Waals surface area contributed by atoms with Gasteiger partial charge in [0.15, 0.2) is 0 Å². The van der Waals surface area contributed by atoms with E-state index in [1.807, 2.05) is 38.1 Å². The fraction of sp³-hybridized carbons (Fsp3) is 0.375. The third kappa shape index (κ3) is 3.91. The second-order valence-corrected chi connectivity index (χ2v) is 5.08. The summed E-state index contributed by atoms with van der Waals surface area (Å²) in [4.78, 5) is 9.45. The van der Waals surface area contributed by atoms with E-state index in [9.17, 15) is 13.2 Å². The number of aryl methyl sites for hydroxylation is 1. The third-order valence-electron chi connectivity index (χ3n) is 3.27. The van der Waals surface area contributed by atoms with Crippen molar-refractivity contribution in [3.8, 4) is 5.88 Å². The van der Waals surface area contributed by atoms with Gasteiger partial charge in [0.05, 0.1) is 6.61 Å². The highest BCUT2D eigenvalue weighted by molar-refractivity contribution is 5.61. The molecule has 0 N–H and O–H groups in total. The first-order chi connectivity index (χ1) is 10.8. The summed E-state index contributed by atoms with van der Waals surface area (Å²) in [6, 6.07) is 7.49. The van der Waals surface area contributed by atoms with Crippen LogP contribution in [0.4, 0.5) is 24.8 Å². The molecule has 0 amide bonds. The highest BCUT2D eigenvalue weighted by atomic mass is 19.4. The fourth-order valence-electron chi connectivity index (χ4n) is 2.07. The van der Waals surface area contributed by atoms with Gasteiger partial charge in [0.1, 0.15) is 5.56 Å². The van der Waals surface area contributed by atoms with Crippen LogP contribution in [0.15, 0.2) is 30.5 Å². The SMILES string of the molecule is CCCOc1nc(N(C)c2ccccc2C)ncc1C(F)(F)F. The van der Waals surface area contributed by atoms with E-state index in [4.69, 9.17) is 4.74 Å². The quantitative estimate of drug-likeness (QED) is 0.818. The van der Waals surface area contributed by atoms with E-state index in [2.05, 4.69) is 9.97 Å². The number of anilines is 2. The summed E-state index contributed by atoms with van der Waals surface area (Å²) < 4.78 is 44.2. The molecule has 2 rings (SSSR count). The van der Waals surface area contributed by atoms with Gasteiger partial charge in [0.25, 0.3) is 0 Å². The maximum atomic E-state index is 13.0. The van der Waals surface area contributed by atoms with Gasteiger partial charge in [-0.05, 0) is 25.0 Å². The van der Waals surface area contributed by atoms with Gasteiger partial charge >= 0.3 is 6.18 Å². The number of benzene rings is 1. The van der Waals surface area contributed by atoms with Crippen LogP contribution in [0, 0.1) is 6.92 Å². The van der Waals surface area contributed by atoms with E-state index < -0.39 is 17.6 Å². The van der Waals surface area contributed by atoms with Crippen LogP contribution in [0.25, 0.3) is 0 Å². The second-order valence-electron chi connectivity index (χ2n) is 5.08. The molecule has 0 aliphatic heterocycles. The van der Waals surface area contributed by atoms with Crippen molar-refractivity contribution in [2.24, 2.45) is 0 Å². The van der Waals surface area contributed by atoms with Crippen LogP contribution in [-0.4, -0.2) is 23.6 Å². The van der Waals surface area contributed by atoms with Crippen molar-refractivity contribution in [2.75, 3.05) is 18.6 Å². The molecule has 0 aliphatic carbocycles. The first-order valence-electron chi connectivity index (χ1n) is 7.21. The van der Waals surface area contributed by atoms with E-state index >= 15 is 0 Å². The Balaban J connectivity index is 2.42. The summed E-state index contributed by atoms with van der Waals surface area (Å²) in [6.45, 7) is 3.88. The Kier molecular flexibility index (Phi) is 5.08. The molecular weight excluding hydrogens is 307 g/mol. The highest BCUT2D eigenvalue weighted by Crippen LogP contribution is 2.36. The standard InChI is InChI=1S/C16H18F3N3O/c1-4-9-23-14-12(16(17,18)19)10-20-15(21-14)22(3)13-8-6-5-7-11(13)2/h5-8,10H,4,9H2,1-3H3. The number of ether oxygens (including phenoxy) is 1. The van der Waals surface area contributed by atoms with Gasteiger partial charge in [-0.1, -0.05) is 25.1 Å². The van der Waals surface area contributed by atoms with E-state index in [0.29, 0.717) is 6.42 Å². The first kappa shape index (κ1) is 17.1. The molecule has 23 heavy (non-hydrogen) atoms. The second kappa shape index (κ2) is 6.85. The monoisotopic (exact) mass is 325 g/mol. The number of aromatic nitrogens is 2. The highest BCUT2D eigenvalue weighted by Gasteiger charge is 2.36. The largest absolute Gasteiger partial charge is 0.477 e. The van der Waals surface area contributed by atoms with Gasteiger partial charge in [-0.2, -0.15) is 18.2 Å². The lowest BCUT2D eigenvalue weighted by molar-refractivity contribution is -0.139. The molecule has 0 aliphatic rings. The van der Waals surface area contributed by atoms with Crippen LogP contribution in [0.1, 0.15) is 24.5 Å². The summed E-state index contributed by atoms with van der Waals surface area (Å²) >= 11 is 0. The zero-order valence-corrected chi connectivity index (χ0v) is 13.2. The van der Waals surface area contributed by atoms with Gasteiger partial charge < -0.3 is 9.64 Å². The molecule has 4 nitrogen and oxygen atoms in total. The van der Waals surface area contributed by atoms with Crippen LogP contribution in [-0.2, 0) is 6.18 Å². The average molecular weight is 325 g/mol. The van der Waals surface area contributed by atoms with Crippen LogP contribution in [0.5, 0.6) is 5.88 Å². The lowest BCUT2D eigenvalue weighted by Crippen LogP contribution is -2.17. The molecule has 124 valence electrons. The van der Waals surface area contributed by atoms with Crippen molar-refractivity contribution < 1.29 is 17.9 Å². The molecular formula is C16H18F3N3O. The van der Waals surface area contributed by atoms with Crippen LogP contribution < -0.4 is 9.64 Å². The van der Waals surface area contributed by atoms with Gasteiger partial charge in [0.2, 0.25) is 11.8 Å². The Bertz CT molecular complexity index is 674. The van der Waals surface area contributed by atoms with Gasteiger partial charge in [-0.25, -0.2) is 4.98 Å². The summed E-state index contributed by atoms with van der Waals surface area (Å²) in [5.41, 5.74) is 0.816. The molecule has 0 radical (unpaired) electrons. The summed E-state index contributed by atoms with van der Waals surface area (Å²) in [5, 5.41) is 0. The van der Waals surface area contributed by atoms with Crippen molar-refractivity contribution >= 4 is 11.6 Å². The molecule has 2 aromatic rings. The summed E-state index contributed by atoms with van der Waals surface area (Å²) in [5.74, 6) is -0.289. The number of alkyl halides is 3. The topological polar surface area (TPSA) is 38.2 Å². The van der Waals surface area contributed by atoms with E-state index in [0.717, 1.165) is 17.4 Å². The Morgan fingerprint density at radius 3 is 2.52 bits per heavy atom. The van der Waals surface area contributed by atoms with Gasteiger partial charge in [-0.3, -0.25) is 0 Å². The minimum absolute atomic E-state index is 0.151.